The van der Waals surface area contributed by atoms with Gasteiger partial charge >= 0.3 is 6.09 Å². The molecule has 0 aliphatic rings. The van der Waals surface area contributed by atoms with Crippen LogP contribution >= 0.6 is 0 Å². The van der Waals surface area contributed by atoms with Crippen LogP contribution in [0.15, 0.2) is 49.1 Å². The van der Waals surface area contributed by atoms with E-state index in [4.69, 9.17) is 14.2 Å². The van der Waals surface area contributed by atoms with Gasteiger partial charge < -0.3 is 19.5 Å². The summed E-state index contributed by atoms with van der Waals surface area (Å²) in [5.74, 6) is -0.262. The molecule has 2 aromatic rings. The largest absolute Gasteiger partial charge is 0.493 e. The maximum atomic E-state index is 13.7. The Kier molecular flexibility index (Phi) is 8.01. The molecule has 0 saturated carbocycles. The topological polar surface area (TPSA) is 85.9 Å². The summed E-state index contributed by atoms with van der Waals surface area (Å²) in [4.78, 5) is 24.4. The van der Waals surface area contributed by atoms with Crippen LogP contribution in [0.25, 0.3) is 0 Å². The molecule has 0 atom stereocenters. The van der Waals surface area contributed by atoms with Crippen molar-refractivity contribution in [2.75, 3.05) is 24.4 Å². The highest BCUT2D eigenvalue weighted by Gasteiger charge is 2.18. The lowest BCUT2D eigenvalue weighted by Gasteiger charge is -2.20. The number of anilines is 2. The van der Waals surface area contributed by atoms with Crippen LogP contribution < -0.4 is 20.1 Å². The van der Waals surface area contributed by atoms with Gasteiger partial charge in [0.2, 0.25) is 0 Å². The monoisotopic (exact) mass is 430 g/mol. The number of hydrogen-bond acceptors (Lipinski definition) is 5. The van der Waals surface area contributed by atoms with E-state index in [9.17, 15) is 14.0 Å². The molecule has 8 heteroatoms. The smallest absolute Gasteiger partial charge is 0.412 e. The molecule has 2 amide bonds. The number of carbonyl (C=O) groups excluding carboxylic acids is 2. The highest BCUT2D eigenvalue weighted by atomic mass is 19.1. The lowest BCUT2D eigenvalue weighted by molar-refractivity contribution is -0.118. The Morgan fingerprint density at radius 2 is 1.81 bits per heavy atom. The van der Waals surface area contributed by atoms with Gasteiger partial charge in [-0.25, -0.2) is 9.18 Å². The summed E-state index contributed by atoms with van der Waals surface area (Å²) in [5.41, 5.74) is 0.547. The fraction of sp³-hybridized carbons (Fsp3) is 0.304. The Bertz CT molecular complexity index is 953. The molecule has 0 aliphatic heterocycles. The number of nitrogens with one attached hydrogen (secondary N) is 2. The van der Waals surface area contributed by atoms with Crippen molar-refractivity contribution in [3.8, 4) is 11.5 Å². The second-order valence-corrected chi connectivity index (χ2v) is 7.63. The van der Waals surface area contributed by atoms with Gasteiger partial charge in [0.25, 0.3) is 5.91 Å². The van der Waals surface area contributed by atoms with Gasteiger partial charge in [-0.05, 0) is 63.1 Å². The molecule has 0 radical (unpaired) electrons. The van der Waals surface area contributed by atoms with Gasteiger partial charge in [0.15, 0.2) is 18.1 Å². The van der Waals surface area contributed by atoms with Crippen LogP contribution in [0, 0.1) is 5.82 Å². The molecule has 2 rings (SSSR count). The van der Waals surface area contributed by atoms with E-state index in [1.54, 1.807) is 39.0 Å². The van der Waals surface area contributed by atoms with E-state index in [-0.39, 0.29) is 18.0 Å². The first-order chi connectivity index (χ1) is 14.6. The molecule has 0 spiro atoms. The fourth-order valence-corrected chi connectivity index (χ4v) is 2.60. The number of rotatable bonds is 8. The number of benzene rings is 2. The van der Waals surface area contributed by atoms with Crippen LogP contribution in [-0.4, -0.2) is 31.3 Å². The first-order valence-corrected chi connectivity index (χ1v) is 9.61. The van der Waals surface area contributed by atoms with Crippen molar-refractivity contribution >= 4 is 23.4 Å². The number of methoxy groups -OCH3 is 1. The molecule has 0 heterocycles. The average molecular weight is 430 g/mol. The van der Waals surface area contributed by atoms with E-state index in [1.807, 2.05) is 6.07 Å². The molecule has 31 heavy (non-hydrogen) atoms. The van der Waals surface area contributed by atoms with Gasteiger partial charge in [-0.15, -0.1) is 6.58 Å². The van der Waals surface area contributed by atoms with Gasteiger partial charge in [-0.3, -0.25) is 10.1 Å². The first-order valence-electron chi connectivity index (χ1n) is 9.61. The van der Waals surface area contributed by atoms with E-state index in [0.717, 1.165) is 17.7 Å². The van der Waals surface area contributed by atoms with Gasteiger partial charge in [0.05, 0.1) is 18.5 Å². The minimum absolute atomic E-state index is 0.0766. The summed E-state index contributed by atoms with van der Waals surface area (Å²) < 4.78 is 29.7. The SMILES string of the molecule is C=CCc1ccc(OCC(=O)Nc2cc(F)ccc2NC(=O)OC(C)(C)C)c(OC)c1. The molecule has 0 aliphatic carbocycles. The second kappa shape index (κ2) is 10.5. The van der Waals surface area contributed by atoms with E-state index in [2.05, 4.69) is 17.2 Å². The van der Waals surface area contributed by atoms with Crippen LogP contribution in [0.1, 0.15) is 26.3 Å². The number of amides is 2. The van der Waals surface area contributed by atoms with Crippen molar-refractivity contribution in [2.24, 2.45) is 0 Å². The predicted molar refractivity (Wildman–Crippen MR) is 117 cm³/mol. The quantitative estimate of drug-likeness (QED) is 0.580. The van der Waals surface area contributed by atoms with Crippen LogP contribution in [0.5, 0.6) is 11.5 Å². The zero-order valence-electron chi connectivity index (χ0n) is 18.1. The maximum Gasteiger partial charge on any atom is 0.412 e. The van der Waals surface area contributed by atoms with Crippen molar-refractivity contribution in [2.45, 2.75) is 32.8 Å². The van der Waals surface area contributed by atoms with E-state index in [0.29, 0.717) is 17.9 Å². The van der Waals surface area contributed by atoms with Crippen molar-refractivity contribution in [1.29, 1.82) is 0 Å². The third-order valence-electron chi connectivity index (χ3n) is 3.86. The van der Waals surface area contributed by atoms with E-state index < -0.39 is 23.4 Å². The van der Waals surface area contributed by atoms with Crippen molar-refractivity contribution < 1.29 is 28.2 Å². The summed E-state index contributed by atoms with van der Waals surface area (Å²) in [5, 5.41) is 5.03. The molecule has 166 valence electrons. The minimum Gasteiger partial charge on any atom is -0.493 e. The van der Waals surface area contributed by atoms with Crippen LogP contribution in [0.2, 0.25) is 0 Å². The van der Waals surface area contributed by atoms with Crippen molar-refractivity contribution in [1.82, 2.24) is 0 Å². The lowest BCUT2D eigenvalue weighted by Crippen LogP contribution is -2.28. The summed E-state index contributed by atoms with van der Waals surface area (Å²) in [6.45, 7) is 8.50. The van der Waals surface area contributed by atoms with E-state index >= 15 is 0 Å². The first kappa shape index (κ1) is 23.7. The number of halogens is 1. The molecule has 0 aromatic heterocycles. The molecule has 0 unspecified atom stereocenters. The van der Waals surface area contributed by atoms with Crippen LogP contribution in [0.4, 0.5) is 20.6 Å². The minimum atomic E-state index is -0.727. The molecule has 0 saturated heterocycles. The predicted octanol–water partition coefficient (Wildman–Crippen LogP) is 4.93. The summed E-state index contributed by atoms with van der Waals surface area (Å²) in [6.07, 6.45) is 1.71. The van der Waals surface area contributed by atoms with Gasteiger partial charge in [0, 0.05) is 0 Å². The van der Waals surface area contributed by atoms with Crippen LogP contribution in [-0.2, 0) is 16.0 Å². The lowest BCUT2D eigenvalue weighted by atomic mass is 10.1. The van der Waals surface area contributed by atoms with Crippen molar-refractivity contribution in [3.63, 3.8) is 0 Å². The second-order valence-electron chi connectivity index (χ2n) is 7.63. The molecule has 2 aromatic carbocycles. The normalized spacial score (nSPS) is 10.7. The highest BCUT2D eigenvalue weighted by Crippen LogP contribution is 2.29. The maximum absolute atomic E-state index is 13.7. The highest BCUT2D eigenvalue weighted by molar-refractivity contribution is 5.98. The third-order valence-corrected chi connectivity index (χ3v) is 3.86. The Hall–Kier alpha value is -3.55. The number of hydrogen-bond donors (Lipinski definition) is 2. The molecule has 0 bridgehead atoms. The number of carbonyl (C=O) groups is 2. The van der Waals surface area contributed by atoms with E-state index in [1.165, 1.54) is 13.2 Å². The zero-order chi connectivity index (χ0) is 23.0. The van der Waals surface area contributed by atoms with Gasteiger partial charge in [0.1, 0.15) is 11.4 Å². The molecule has 2 N–H and O–H groups in total. The van der Waals surface area contributed by atoms with Gasteiger partial charge in [-0.2, -0.15) is 0 Å². The Morgan fingerprint density at radius 1 is 1.06 bits per heavy atom. The third kappa shape index (κ3) is 7.65. The van der Waals surface area contributed by atoms with Crippen molar-refractivity contribution in [3.05, 3.63) is 60.4 Å². The molecular weight excluding hydrogens is 403 g/mol. The summed E-state index contributed by atoms with van der Waals surface area (Å²) in [6, 6.07) is 8.92. The number of ether oxygens (including phenoxy) is 3. The summed E-state index contributed by atoms with van der Waals surface area (Å²) in [7, 11) is 1.50. The van der Waals surface area contributed by atoms with Crippen LogP contribution in [0.3, 0.4) is 0 Å². The Balaban J connectivity index is 2.06. The average Bonchev–Trinajstić information content (AvgIpc) is 2.67. The standard InChI is InChI=1S/C23H27FN2O5/c1-6-7-15-8-11-19(20(12-15)29-5)30-14-21(27)25-18-13-16(24)9-10-17(18)26-22(28)31-23(2,3)4/h6,8-13H,1,7,14H2,2-5H3,(H,25,27)(H,26,28). The molecule has 0 fully saturated rings. The zero-order valence-corrected chi connectivity index (χ0v) is 18.1. The number of allylic oxidation sites excluding steroid dienone is 1. The van der Waals surface area contributed by atoms with Gasteiger partial charge in [-0.1, -0.05) is 12.1 Å². The fourth-order valence-electron chi connectivity index (χ4n) is 2.60. The molecular formula is C23H27FN2O5. The Morgan fingerprint density at radius 3 is 2.45 bits per heavy atom. The Labute approximate surface area is 181 Å². The molecule has 7 nitrogen and oxygen atoms in total. The summed E-state index contributed by atoms with van der Waals surface area (Å²) >= 11 is 0.